The van der Waals surface area contributed by atoms with Crippen molar-refractivity contribution in [1.82, 2.24) is 0 Å². The molecule has 1 aliphatic carbocycles. The summed E-state index contributed by atoms with van der Waals surface area (Å²) < 4.78 is 6.52. The lowest BCUT2D eigenvalue weighted by atomic mass is 9.85. The van der Waals surface area contributed by atoms with Crippen molar-refractivity contribution in [2.45, 2.75) is 0 Å². The summed E-state index contributed by atoms with van der Waals surface area (Å²) in [6.07, 6.45) is 4.14. The Morgan fingerprint density at radius 2 is 1.76 bits per heavy atom. The minimum atomic E-state index is -0.101. The molecule has 0 fully saturated rings. The topological polar surface area (TPSA) is 43.4 Å². The zero-order chi connectivity index (χ0) is 17.6. The van der Waals surface area contributed by atoms with E-state index in [1.807, 2.05) is 42.5 Å². The minimum absolute atomic E-state index is 0.101. The fraction of sp³-hybridized carbons (Fsp3) is 0.0476. The molecule has 0 atom stereocenters. The van der Waals surface area contributed by atoms with Gasteiger partial charge in [-0.15, -0.1) is 0 Å². The molecule has 0 bridgehead atoms. The van der Waals surface area contributed by atoms with Crippen LogP contribution in [0.5, 0.6) is 5.75 Å². The zero-order valence-corrected chi connectivity index (χ0v) is 15.0. The summed E-state index contributed by atoms with van der Waals surface area (Å²) in [6, 6.07) is 13.2. The second-order valence-corrected chi connectivity index (χ2v) is 6.73. The molecule has 1 aliphatic rings. The molecule has 3 aromatic rings. The van der Waals surface area contributed by atoms with Gasteiger partial charge < -0.3 is 4.74 Å². The standard InChI is InChI=1S/C21H13BrO3/c1-25-18-9-5-13-4-8-17(24)16-10-14(11-23)19(21(18)20(13)16)12-2-6-15(22)7-3-12/h2-11H,1H3. The highest BCUT2D eigenvalue weighted by molar-refractivity contribution is 9.10. The van der Waals surface area contributed by atoms with Gasteiger partial charge in [0.2, 0.25) is 0 Å². The fourth-order valence-electron chi connectivity index (χ4n) is 3.36. The van der Waals surface area contributed by atoms with Crippen molar-refractivity contribution in [1.29, 1.82) is 0 Å². The third-order valence-electron chi connectivity index (χ3n) is 4.47. The number of hydrogen-bond acceptors (Lipinski definition) is 3. The Kier molecular flexibility index (Phi) is 3.77. The Bertz CT molecular complexity index is 1060. The van der Waals surface area contributed by atoms with E-state index in [-0.39, 0.29) is 5.78 Å². The summed E-state index contributed by atoms with van der Waals surface area (Å²) in [5, 5.41) is 1.62. The van der Waals surface area contributed by atoms with Gasteiger partial charge in [-0.3, -0.25) is 9.59 Å². The molecular formula is C21H13BrO3. The summed E-state index contributed by atoms with van der Waals surface area (Å²) in [6.45, 7) is 0. The molecule has 0 saturated heterocycles. The molecule has 25 heavy (non-hydrogen) atoms. The number of ketones is 1. The monoisotopic (exact) mass is 392 g/mol. The van der Waals surface area contributed by atoms with Gasteiger partial charge in [0.1, 0.15) is 5.75 Å². The van der Waals surface area contributed by atoms with Crippen molar-refractivity contribution >= 4 is 44.8 Å². The molecule has 3 aromatic carbocycles. The number of aldehydes is 1. The number of methoxy groups -OCH3 is 1. The normalized spacial score (nSPS) is 12.5. The van der Waals surface area contributed by atoms with E-state index in [0.717, 1.165) is 38.2 Å². The molecule has 4 rings (SSSR count). The maximum absolute atomic E-state index is 12.4. The molecule has 0 N–H and O–H groups in total. The first-order valence-corrected chi connectivity index (χ1v) is 8.54. The van der Waals surface area contributed by atoms with Crippen LogP contribution in [-0.4, -0.2) is 19.2 Å². The van der Waals surface area contributed by atoms with Gasteiger partial charge >= 0.3 is 0 Å². The molecule has 0 spiro atoms. The molecule has 4 heteroatoms. The van der Waals surface area contributed by atoms with Crippen LogP contribution in [0.1, 0.15) is 26.3 Å². The van der Waals surface area contributed by atoms with E-state index in [9.17, 15) is 9.59 Å². The van der Waals surface area contributed by atoms with Crippen LogP contribution in [-0.2, 0) is 0 Å². The van der Waals surface area contributed by atoms with Gasteiger partial charge in [-0.05, 0) is 41.5 Å². The smallest absolute Gasteiger partial charge is 0.186 e. The minimum Gasteiger partial charge on any atom is -0.496 e. The molecule has 0 aliphatic heterocycles. The first kappa shape index (κ1) is 15.8. The van der Waals surface area contributed by atoms with Crippen LogP contribution in [0.3, 0.4) is 0 Å². The predicted molar refractivity (Wildman–Crippen MR) is 102 cm³/mol. The van der Waals surface area contributed by atoms with Crippen molar-refractivity contribution in [2.24, 2.45) is 0 Å². The third-order valence-corrected chi connectivity index (χ3v) is 5.00. The van der Waals surface area contributed by atoms with Crippen LogP contribution in [0.4, 0.5) is 0 Å². The van der Waals surface area contributed by atoms with E-state index in [4.69, 9.17) is 4.74 Å². The SMILES string of the molecule is COc1ccc2c3c(cc(C=O)c(-c4ccc(Br)cc4)c13)C(=O)C=C2. The van der Waals surface area contributed by atoms with E-state index < -0.39 is 0 Å². The summed E-state index contributed by atoms with van der Waals surface area (Å²) in [4.78, 5) is 24.2. The molecule has 0 amide bonds. The van der Waals surface area contributed by atoms with Crippen molar-refractivity contribution in [3.63, 3.8) is 0 Å². The van der Waals surface area contributed by atoms with Crippen molar-refractivity contribution in [3.8, 4) is 16.9 Å². The molecule has 122 valence electrons. The number of rotatable bonds is 3. The second kappa shape index (κ2) is 5.97. The van der Waals surface area contributed by atoms with E-state index in [0.29, 0.717) is 16.9 Å². The highest BCUT2D eigenvalue weighted by atomic mass is 79.9. The fourth-order valence-corrected chi connectivity index (χ4v) is 3.63. The average Bonchev–Trinajstić information content (AvgIpc) is 2.64. The maximum atomic E-state index is 12.4. The van der Waals surface area contributed by atoms with E-state index in [1.54, 1.807) is 13.2 Å². The van der Waals surface area contributed by atoms with Crippen molar-refractivity contribution in [2.75, 3.05) is 7.11 Å². The highest BCUT2D eigenvalue weighted by Gasteiger charge is 2.23. The van der Waals surface area contributed by atoms with Gasteiger partial charge in [0, 0.05) is 31.9 Å². The molecule has 0 unspecified atom stereocenters. The second-order valence-electron chi connectivity index (χ2n) is 5.82. The number of halogens is 1. The molecule has 3 nitrogen and oxygen atoms in total. The van der Waals surface area contributed by atoms with E-state index in [2.05, 4.69) is 15.9 Å². The lowest BCUT2D eigenvalue weighted by Crippen LogP contribution is -2.06. The molecular weight excluding hydrogens is 380 g/mol. The van der Waals surface area contributed by atoms with Gasteiger partial charge in [-0.1, -0.05) is 40.2 Å². The summed E-state index contributed by atoms with van der Waals surface area (Å²) >= 11 is 3.43. The number of ether oxygens (including phenoxy) is 1. The summed E-state index contributed by atoms with van der Waals surface area (Å²) in [5.74, 6) is 0.543. The lowest BCUT2D eigenvalue weighted by Gasteiger charge is -2.19. The Labute approximate surface area is 153 Å². The first-order chi connectivity index (χ1) is 12.1. The maximum Gasteiger partial charge on any atom is 0.186 e. The summed E-state index contributed by atoms with van der Waals surface area (Å²) in [5.41, 5.74) is 3.64. The summed E-state index contributed by atoms with van der Waals surface area (Å²) in [7, 11) is 1.59. The number of carbonyl (C=O) groups is 2. The predicted octanol–water partition coefficient (Wildman–Crippen LogP) is 5.30. The quantitative estimate of drug-likeness (QED) is 0.568. The largest absolute Gasteiger partial charge is 0.496 e. The van der Waals surface area contributed by atoms with Crippen LogP contribution < -0.4 is 4.74 Å². The van der Waals surface area contributed by atoms with Gasteiger partial charge in [0.15, 0.2) is 12.1 Å². The van der Waals surface area contributed by atoms with Gasteiger partial charge in [0.05, 0.1) is 7.11 Å². The number of allylic oxidation sites excluding steroid dienone is 1. The van der Waals surface area contributed by atoms with Gasteiger partial charge in [-0.25, -0.2) is 0 Å². The molecule has 0 radical (unpaired) electrons. The van der Waals surface area contributed by atoms with Crippen LogP contribution in [0.15, 0.2) is 53.0 Å². The van der Waals surface area contributed by atoms with Crippen molar-refractivity contribution in [3.05, 3.63) is 69.7 Å². The van der Waals surface area contributed by atoms with E-state index >= 15 is 0 Å². The number of hydrogen-bond donors (Lipinski definition) is 0. The van der Waals surface area contributed by atoms with Crippen LogP contribution in [0.2, 0.25) is 0 Å². The van der Waals surface area contributed by atoms with Crippen LogP contribution in [0, 0.1) is 0 Å². The Morgan fingerprint density at radius 1 is 1.00 bits per heavy atom. The van der Waals surface area contributed by atoms with Gasteiger partial charge in [-0.2, -0.15) is 0 Å². The van der Waals surface area contributed by atoms with Gasteiger partial charge in [0.25, 0.3) is 0 Å². The molecule has 0 heterocycles. The molecule has 0 aromatic heterocycles. The lowest BCUT2D eigenvalue weighted by molar-refractivity contribution is 0.104. The Hall–Kier alpha value is -2.72. The first-order valence-electron chi connectivity index (χ1n) is 7.75. The number of carbonyl (C=O) groups excluding carboxylic acids is 2. The average molecular weight is 393 g/mol. The van der Waals surface area contributed by atoms with Crippen LogP contribution in [0.25, 0.3) is 28.0 Å². The Morgan fingerprint density at radius 3 is 2.44 bits per heavy atom. The number of benzene rings is 3. The zero-order valence-electron chi connectivity index (χ0n) is 13.4. The Balaban J connectivity index is 2.22. The third kappa shape index (κ3) is 2.41. The highest BCUT2D eigenvalue weighted by Crippen LogP contribution is 2.42. The van der Waals surface area contributed by atoms with Crippen LogP contribution >= 0.6 is 15.9 Å². The van der Waals surface area contributed by atoms with Crippen molar-refractivity contribution < 1.29 is 14.3 Å². The van der Waals surface area contributed by atoms with E-state index in [1.165, 1.54) is 6.08 Å². The molecule has 0 saturated carbocycles.